The third kappa shape index (κ3) is 144. The molecule has 0 bridgehead atoms. The second kappa shape index (κ2) is 17.6. The molecule has 0 saturated carbocycles. The normalized spacial score (nSPS) is 6.00. The van der Waals surface area contributed by atoms with Gasteiger partial charge in [-0.05, 0) is 0 Å². The molecule has 0 aromatic heterocycles. The zero-order chi connectivity index (χ0) is 4.50. The minimum atomic E-state index is -1.93. The van der Waals surface area contributed by atoms with E-state index in [2.05, 4.69) is 48.9 Å². The second-order valence-electron chi connectivity index (χ2n) is 0.429. The average Bonchev–Trinajstić information content (AvgIpc) is 0.722. The van der Waals surface area contributed by atoms with Gasteiger partial charge >= 0.3 is 59.7 Å². The molecule has 0 aliphatic rings. The minimum absolute atomic E-state index is 0. The van der Waals surface area contributed by atoms with Crippen molar-refractivity contribution in [1.29, 1.82) is 0 Å². The van der Waals surface area contributed by atoms with Crippen LogP contribution in [-0.2, 0) is 10.9 Å². The molecule has 0 rings (SSSR count). The molecule has 0 fully saturated rings. The first kappa shape index (κ1) is 38.9. The van der Waals surface area contributed by atoms with Crippen molar-refractivity contribution in [2.75, 3.05) is 0 Å². The maximum absolute atomic E-state index is 3.34. The number of hydrogen-bond donors (Lipinski definition) is 0. The van der Waals surface area contributed by atoms with Crippen molar-refractivity contribution in [3.8, 4) is 0 Å². The van der Waals surface area contributed by atoms with E-state index in [0.717, 1.165) is 0 Å². The van der Waals surface area contributed by atoms with Crippen LogP contribution in [0.5, 0.6) is 0 Å². The number of hydrogen-bond acceptors (Lipinski definition) is 0. The quantitative estimate of drug-likeness (QED) is 0.410. The SMILES string of the molecule is O.O.O.O.O.[Br][Zr]([Br])([Br])[Br]. The number of rotatable bonds is 0. The van der Waals surface area contributed by atoms with E-state index in [4.69, 9.17) is 0 Å². The Kier molecular flexibility index (Phi) is 68.6. The first-order chi connectivity index (χ1) is 2.00. The van der Waals surface area contributed by atoms with E-state index in [1.54, 1.807) is 0 Å². The van der Waals surface area contributed by atoms with Crippen LogP contribution in [0.1, 0.15) is 0 Å². The molecule has 0 aliphatic carbocycles. The van der Waals surface area contributed by atoms with E-state index in [9.17, 15) is 0 Å². The summed E-state index contributed by atoms with van der Waals surface area (Å²) in [5, 5.41) is 0. The predicted molar refractivity (Wildman–Crippen MR) is 53.8 cm³/mol. The van der Waals surface area contributed by atoms with Gasteiger partial charge in [-0.3, -0.25) is 0 Å². The van der Waals surface area contributed by atoms with Crippen molar-refractivity contribution >= 4 is 48.9 Å². The van der Waals surface area contributed by atoms with Crippen LogP contribution in [0, 0.1) is 0 Å². The fourth-order valence-corrected chi connectivity index (χ4v) is 0. The van der Waals surface area contributed by atoms with E-state index in [1.807, 2.05) is 0 Å². The van der Waals surface area contributed by atoms with Crippen molar-refractivity contribution in [3.05, 3.63) is 0 Å². The van der Waals surface area contributed by atoms with Crippen LogP contribution in [0.15, 0.2) is 0 Å². The Morgan fingerprint density at radius 3 is 0.500 bits per heavy atom. The van der Waals surface area contributed by atoms with Crippen molar-refractivity contribution in [2.45, 2.75) is 0 Å². The topological polar surface area (TPSA) is 158 Å². The van der Waals surface area contributed by atoms with Gasteiger partial charge in [-0.15, -0.1) is 0 Å². The van der Waals surface area contributed by atoms with Gasteiger partial charge in [0.2, 0.25) is 0 Å². The van der Waals surface area contributed by atoms with Crippen molar-refractivity contribution in [2.24, 2.45) is 0 Å². The molecule has 0 amide bonds. The fraction of sp³-hybridized carbons (Fsp3) is 0. The van der Waals surface area contributed by atoms with Crippen molar-refractivity contribution in [3.63, 3.8) is 0 Å². The molecular weight excluding hydrogens is 491 g/mol. The van der Waals surface area contributed by atoms with Gasteiger partial charge in [-0.1, -0.05) is 0 Å². The van der Waals surface area contributed by atoms with Crippen LogP contribution in [0.25, 0.3) is 0 Å². The molecule has 10 N–H and O–H groups in total. The van der Waals surface area contributed by atoms with Gasteiger partial charge in [0.05, 0.1) is 0 Å². The summed E-state index contributed by atoms with van der Waals surface area (Å²) in [6.07, 6.45) is 0. The summed E-state index contributed by atoms with van der Waals surface area (Å²) in [4.78, 5) is 0. The molecular formula is H10Br4O5Zr. The Hall–Kier alpha value is 2.60. The van der Waals surface area contributed by atoms with Gasteiger partial charge in [0.1, 0.15) is 0 Å². The predicted octanol–water partition coefficient (Wildman–Crippen LogP) is -0.744. The fourth-order valence-electron chi connectivity index (χ4n) is 0. The summed E-state index contributed by atoms with van der Waals surface area (Å²) in [6.45, 7) is 0. The molecule has 0 aromatic rings. The first-order valence-corrected chi connectivity index (χ1v) is 23.2. The van der Waals surface area contributed by atoms with E-state index in [-0.39, 0.29) is 27.4 Å². The van der Waals surface area contributed by atoms with Gasteiger partial charge in [0.25, 0.3) is 0 Å². The molecule has 5 nitrogen and oxygen atoms in total. The Morgan fingerprint density at radius 2 is 0.500 bits per heavy atom. The molecule has 0 spiro atoms. The summed E-state index contributed by atoms with van der Waals surface area (Å²) in [5.41, 5.74) is 0. The monoisotopic (exact) mass is 496 g/mol. The Morgan fingerprint density at radius 1 is 0.500 bits per heavy atom. The van der Waals surface area contributed by atoms with E-state index in [0.29, 0.717) is 0 Å². The zero-order valence-corrected chi connectivity index (χ0v) is 13.3. The van der Waals surface area contributed by atoms with Crippen LogP contribution in [0.3, 0.4) is 0 Å². The summed E-state index contributed by atoms with van der Waals surface area (Å²) in [5.74, 6) is 0. The molecule has 72 valence electrons. The Balaban J connectivity index is -0.00000000800. The molecule has 10 heavy (non-hydrogen) atoms. The second-order valence-corrected chi connectivity index (χ2v) is 68.5. The van der Waals surface area contributed by atoms with Gasteiger partial charge in [-0.25, -0.2) is 0 Å². The maximum atomic E-state index is 3.34. The summed E-state index contributed by atoms with van der Waals surface area (Å²) in [6, 6.07) is 0. The molecule has 0 radical (unpaired) electrons. The van der Waals surface area contributed by atoms with E-state index in [1.165, 1.54) is 0 Å². The van der Waals surface area contributed by atoms with Crippen LogP contribution >= 0.6 is 48.9 Å². The van der Waals surface area contributed by atoms with Crippen LogP contribution in [0.2, 0.25) is 0 Å². The van der Waals surface area contributed by atoms with Crippen LogP contribution in [0.4, 0.5) is 0 Å². The van der Waals surface area contributed by atoms with E-state index >= 15 is 0 Å². The number of halogens is 4. The molecule has 0 heterocycles. The van der Waals surface area contributed by atoms with Crippen LogP contribution < -0.4 is 0 Å². The van der Waals surface area contributed by atoms with Gasteiger partial charge in [0.15, 0.2) is 0 Å². The third-order valence-electron chi connectivity index (χ3n) is 0. The van der Waals surface area contributed by atoms with E-state index < -0.39 is 10.9 Å². The average molecular weight is 501 g/mol. The van der Waals surface area contributed by atoms with Gasteiger partial charge in [0, 0.05) is 0 Å². The molecule has 0 saturated heterocycles. The Labute approximate surface area is 85.7 Å². The molecule has 0 atom stereocenters. The third-order valence-corrected chi connectivity index (χ3v) is 0. The zero-order valence-electron chi connectivity index (χ0n) is 4.51. The van der Waals surface area contributed by atoms with Gasteiger partial charge < -0.3 is 27.4 Å². The van der Waals surface area contributed by atoms with Crippen molar-refractivity contribution < 1.29 is 38.3 Å². The Bertz CT molecular complexity index is 29.1. The summed E-state index contributed by atoms with van der Waals surface area (Å²) < 4.78 is 0. The molecule has 10 heteroatoms. The molecule has 0 aromatic carbocycles. The van der Waals surface area contributed by atoms with Crippen LogP contribution in [-0.4, -0.2) is 27.4 Å². The standard InChI is InChI=1S/4BrH.5H2O.Zr/h4*1H;5*1H2;/q;;;;;;;;;+4/p-4. The molecule has 0 unspecified atom stereocenters. The van der Waals surface area contributed by atoms with Gasteiger partial charge in [-0.2, -0.15) is 0 Å². The summed E-state index contributed by atoms with van der Waals surface area (Å²) in [7, 11) is -1.93. The summed E-state index contributed by atoms with van der Waals surface area (Å²) >= 11 is 13.3. The first-order valence-electron chi connectivity index (χ1n) is 0.756. The molecule has 0 aliphatic heterocycles. The van der Waals surface area contributed by atoms with Crippen molar-refractivity contribution in [1.82, 2.24) is 0 Å².